The van der Waals surface area contributed by atoms with Crippen LogP contribution in [0.4, 0.5) is 0 Å². The van der Waals surface area contributed by atoms with Crippen LogP contribution in [0.3, 0.4) is 0 Å². The molecule has 1 saturated carbocycles. The fraction of sp³-hybridized carbons (Fsp3) is 1.00. The minimum Gasteiger partial charge on any atom is -0.381 e. The van der Waals surface area contributed by atoms with Crippen LogP contribution in [0.25, 0.3) is 0 Å². The maximum atomic E-state index is 5.75. The lowest BCUT2D eigenvalue weighted by Gasteiger charge is -2.35. The zero-order valence-electron chi connectivity index (χ0n) is 10.9. The Labute approximate surface area is 109 Å². The van der Waals surface area contributed by atoms with Crippen molar-refractivity contribution in [2.24, 2.45) is 11.3 Å². The molecule has 0 N–H and O–H groups in total. The van der Waals surface area contributed by atoms with E-state index in [9.17, 15) is 0 Å². The van der Waals surface area contributed by atoms with Crippen LogP contribution in [-0.4, -0.2) is 18.5 Å². The number of halogens is 1. The Kier molecular flexibility index (Phi) is 6.98. The Hall–Kier alpha value is 0.440. The monoisotopic (exact) mass is 290 g/mol. The Balaban J connectivity index is 2.13. The summed E-state index contributed by atoms with van der Waals surface area (Å²) in [5, 5.41) is 1.16. The molecule has 0 radical (unpaired) electrons. The molecule has 0 saturated heterocycles. The summed E-state index contributed by atoms with van der Waals surface area (Å²) in [7, 11) is 0. The maximum Gasteiger partial charge on any atom is 0.0471 e. The molecule has 16 heavy (non-hydrogen) atoms. The fourth-order valence-electron chi connectivity index (χ4n) is 2.46. The molecule has 0 heterocycles. The van der Waals surface area contributed by atoms with Crippen LogP contribution in [0.2, 0.25) is 0 Å². The number of alkyl halides is 1. The summed E-state index contributed by atoms with van der Waals surface area (Å²) >= 11 is 3.70. The average molecular weight is 291 g/mol. The third-order valence-corrected chi connectivity index (χ3v) is 5.00. The van der Waals surface area contributed by atoms with Gasteiger partial charge in [0.25, 0.3) is 0 Å². The first-order valence-electron chi connectivity index (χ1n) is 6.82. The molecule has 0 bridgehead atoms. The van der Waals surface area contributed by atoms with Crippen molar-refractivity contribution < 1.29 is 4.74 Å². The first-order chi connectivity index (χ1) is 7.68. The van der Waals surface area contributed by atoms with E-state index in [0.717, 1.165) is 24.5 Å². The fourth-order valence-corrected chi connectivity index (χ4v) is 3.30. The first kappa shape index (κ1) is 14.5. The van der Waals surface area contributed by atoms with Crippen LogP contribution < -0.4 is 0 Å². The summed E-state index contributed by atoms with van der Waals surface area (Å²) in [4.78, 5) is 0. The van der Waals surface area contributed by atoms with Gasteiger partial charge in [-0.3, -0.25) is 0 Å². The highest BCUT2D eigenvalue weighted by atomic mass is 79.9. The molecular weight excluding hydrogens is 264 g/mol. The van der Waals surface area contributed by atoms with E-state index >= 15 is 0 Å². The van der Waals surface area contributed by atoms with E-state index in [4.69, 9.17) is 4.74 Å². The van der Waals surface area contributed by atoms with Crippen molar-refractivity contribution in [1.82, 2.24) is 0 Å². The molecule has 1 aliphatic carbocycles. The largest absolute Gasteiger partial charge is 0.381 e. The van der Waals surface area contributed by atoms with Crippen molar-refractivity contribution in [3.8, 4) is 0 Å². The molecule has 1 nitrogen and oxygen atoms in total. The van der Waals surface area contributed by atoms with Gasteiger partial charge in [-0.05, 0) is 37.0 Å². The van der Waals surface area contributed by atoms with Crippen LogP contribution in [-0.2, 0) is 4.74 Å². The molecule has 0 atom stereocenters. The van der Waals surface area contributed by atoms with Crippen LogP contribution in [0.1, 0.15) is 58.8 Å². The van der Waals surface area contributed by atoms with Gasteiger partial charge in [0.15, 0.2) is 0 Å². The van der Waals surface area contributed by atoms with Crippen molar-refractivity contribution >= 4 is 15.9 Å². The molecule has 1 fully saturated rings. The summed E-state index contributed by atoms with van der Waals surface area (Å²) in [6, 6.07) is 0. The lowest BCUT2D eigenvalue weighted by Crippen LogP contribution is -2.27. The van der Waals surface area contributed by atoms with Crippen LogP contribution in [0, 0.1) is 11.3 Å². The van der Waals surface area contributed by atoms with E-state index in [1.807, 2.05) is 0 Å². The Bertz CT molecular complexity index is 174. The molecule has 0 amide bonds. The second kappa shape index (κ2) is 7.71. The summed E-state index contributed by atoms with van der Waals surface area (Å²) < 4.78 is 5.75. The molecule has 0 aliphatic heterocycles. The minimum atomic E-state index is 0.552. The number of hydrogen-bond donors (Lipinski definition) is 0. The highest BCUT2D eigenvalue weighted by molar-refractivity contribution is 9.09. The maximum absolute atomic E-state index is 5.75. The second-order valence-electron chi connectivity index (χ2n) is 5.74. The summed E-state index contributed by atoms with van der Waals surface area (Å²) in [5.74, 6) is 0.764. The number of ether oxygens (including phenoxy) is 1. The van der Waals surface area contributed by atoms with Gasteiger partial charge in [-0.1, -0.05) is 49.0 Å². The van der Waals surface area contributed by atoms with Gasteiger partial charge >= 0.3 is 0 Å². The van der Waals surface area contributed by atoms with E-state index in [1.165, 1.54) is 44.9 Å². The van der Waals surface area contributed by atoms with Crippen molar-refractivity contribution in [3.05, 3.63) is 0 Å². The van der Waals surface area contributed by atoms with Gasteiger partial charge in [0.05, 0.1) is 0 Å². The third-order valence-electron chi connectivity index (χ3n) is 3.81. The van der Waals surface area contributed by atoms with E-state index in [2.05, 4.69) is 29.8 Å². The van der Waals surface area contributed by atoms with Crippen molar-refractivity contribution in [2.75, 3.05) is 18.5 Å². The van der Waals surface area contributed by atoms with Crippen molar-refractivity contribution in [1.29, 1.82) is 0 Å². The Morgan fingerprint density at radius 1 is 1.12 bits per heavy atom. The molecule has 0 aromatic carbocycles. The molecule has 2 heteroatoms. The van der Waals surface area contributed by atoms with Gasteiger partial charge in [0.1, 0.15) is 0 Å². The predicted octanol–water partition coefficient (Wildman–Crippen LogP) is 4.78. The van der Waals surface area contributed by atoms with E-state index in [0.29, 0.717) is 5.41 Å². The number of rotatable bonds is 7. The van der Waals surface area contributed by atoms with Crippen molar-refractivity contribution in [2.45, 2.75) is 58.8 Å². The van der Waals surface area contributed by atoms with Crippen molar-refractivity contribution in [3.63, 3.8) is 0 Å². The zero-order valence-corrected chi connectivity index (χ0v) is 12.5. The van der Waals surface area contributed by atoms with Gasteiger partial charge in [-0.15, -0.1) is 0 Å². The predicted molar refractivity (Wildman–Crippen MR) is 74.2 cm³/mol. The van der Waals surface area contributed by atoms with Crippen LogP contribution in [0.15, 0.2) is 0 Å². The Morgan fingerprint density at radius 2 is 1.81 bits per heavy atom. The average Bonchev–Trinajstić information content (AvgIpc) is 2.29. The van der Waals surface area contributed by atoms with Crippen LogP contribution >= 0.6 is 15.9 Å². The lowest BCUT2D eigenvalue weighted by atomic mass is 9.74. The molecule has 96 valence electrons. The highest BCUT2D eigenvalue weighted by Gasteiger charge is 2.30. The molecule has 1 rings (SSSR count). The quantitative estimate of drug-likeness (QED) is 0.484. The molecular formula is C14H27BrO. The van der Waals surface area contributed by atoms with Gasteiger partial charge in [0.2, 0.25) is 0 Å². The van der Waals surface area contributed by atoms with E-state index in [-0.39, 0.29) is 0 Å². The SMILES string of the molecule is CC(C)CCOCCC1(CBr)CCCCC1. The summed E-state index contributed by atoms with van der Waals surface area (Å²) in [6.45, 7) is 6.41. The summed E-state index contributed by atoms with van der Waals surface area (Å²) in [5.41, 5.74) is 0.552. The smallest absolute Gasteiger partial charge is 0.0471 e. The summed E-state index contributed by atoms with van der Waals surface area (Å²) in [6.07, 6.45) is 9.49. The van der Waals surface area contributed by atoms with Crippen LogP contribution in [0.5, 0.6) is 0 Å². The Morgan fingerprint density at radius 3 is 2.38 bits per heavy atom. The van der Waals surface area contributed by atoms with E-state index < -0.39 is 0 Å². The molecule has 0 aromatic rings. The molecule has 0 spiro atoms. The third kappa shape index (κ3) is 5.18. The first-order valence-corrected chi connectivity index (χ1v) is 7.94. The number of hydrogen-bond acceptors (Lipinski definition) is 1. The second-order valence-corrected chi connectivity index (χ2v) is 6.30. The van der Waals surface area contributed by atoms with Gasteiger partial charge in [0, 0.05) is 18.5 Å². The topological polar surface area (TPSA) is 9.23 Å². The standard InChI is InChI=1S/C14H27BrO/c1-13(2)6-10-16-11-9-14(12-15)7-4-3-5-8-14/h13H,3-12H2,1-2H3. The van der Waals surface area contributed by atoms with Gasteiger partial charge in [-0.2, -0.15) is 0 Å². The molecule has 0 unspecified atom stereocenters. The molecule has 1 aliphatic rings. The van der Waals surface area contributed by atoms with Gasteiger partial charge in [-0.25, -0.2) is 0 Å². The zero-order chi connectivity index (χ0) is 11.9. The normalized spacial score (nSPS) is 20.2. The van der Waals surface area contributed by atoms with Gasteiger partial charge < -0.3 is 4.74 Å². The molecule has 0 aromatic heterocycles. The highest BCUT2D eigenvalue weighted by Crippen LogP contribution is 2.40. The minimum absolute atomic E-state index is 0.552. The lowest BCUT2D eigenvalue weighted by molar-refractivity contribution is 0.0793. The van der Waals surface area contributed by atoms with E-state index in [1.54, 1.807) is 0 Å².